The molecule has 1 atom stereocenters. The van der Waals surface area contributed by atoms with E-state index in [-0.39, 0.29) is 26.0 Å². The number of rotatable bonds is 14. The van der Waals surface area contributed by atoms with Crippen molar-refractivity contribution in [2.75, 3.05) is 11.9 Å². The summed E-state index contributed by atoms with van der Waals surface area (Å²) in [6.07, 6.45) is 1.00. The van der Waals surface area contributed by atoms with Crippen molar-refractivity contribution >= 4 is 40.5 Å². The molecule has 224 valence electrons. The van der Waals surface area contributed by atoms with E-state index in [0.29, 0.717) is 30.6 Å². The van der Waals surface area contributed by atoms with Crippen molar-refractivity contribution in [1.82, 2.24) is 15.2 Å². The van der Waals surface area contributed by atoms with Crippen LogP contribution in [0.1, 0.15) is 47.3 Å². The molecule has 0 saturated heterocycles. The third-order valence-corrected chi connectivity index (χ3v) is 7.07. The second-order valence-corrected chi connectivity index (χ2v) is 10.2. The van der Waals surface area contributed by atoms with E-state index in [2.05, 4.69) is 16.0 Å². The molecule has 0 saturated carbocycles. The van der Waals surface area contributed by atoms with Gasteiger partial charge in [0.2, 0.25) is 5.91 Å². The van der Waals surface area contributed by atoms with E-state index in [1.54, 1.807) is 29.8 Å². The van der Waals surface area contributed by atoms with Gasteiger partial charge in [0.15, 0.2) is 0 Å². The maximum atomic E-state index is 13.5. The zero-order valence-electron chi connectivity index (χ0n) is 24.0. The number of aryl methyl sites for hydroxylation is 2. The summed E-state index contributed by atoms with van der Waals surface area (Å²) in [5.41, 5.74) is 3.54. The van der Waals surface area contributed by atoms with Crippen LogP contribution in [0.4, 0.5) is 10.5 Å². The molecule has 4 N–H and O–H groups in total. The minimum absolute atomic E-state index is 0.0206. The van der Waals surface area contributed by atoms with Gasteiger partial charge in [-0.05, 0) is 55.0 Å². The summed E-state index contributed by atoms with van der Waals surface area (Å²) in [5.74, 6) is -1.69. The number of alkyl carbamates (subject to hydrolysis) is 1. The smallest absolute Gasteiger partial charge is 0.407 e. The van der Waals surface area contributed by atoms with Crippen LogP contribution in [0.5, 0.6) is 0 Å². The number of carboxylic acids is 1. The molecule has 0 radical (unpaired) electrons. The lowest BCUT2D eigenvalue weighted by Gasteiger charge is -2.20. The number of hydrogen-bond donors (Lipinski definition) is 4. The molecule has 0 aliphatic heterocycles. The average Bonchev–Trinajstić information content (AvgIpc) is 3.35. The maximum absolute atomic E-state index is 13.5. The highest BCUT2D eigenvalue weighted by atomic mass is 16.5. The first kappa shape index (κ1) is 30.8. The molecule has 4 rings (SSSR count). The molecular formula is C33H36N4O6. The van der Waals surface area contributed by atoms with E-state index in [9.17, 15) is 19.2 Å². The standard InChI is InChI=1S/C33H36N4O6/c1-37-28-18-8-6-14-25(28)21-29(37)32(41)36-27(17-10-20-34-33(42)43-22-23-11-3-2-4-12-23)31(40)35-26-16-7-5-13-24(26)15-9-19-30(38)39/h2-8,11-14,16,18,21,27H,9-10,15,17,19-20,22H2,1H3,(H,34,42)(H,35,40)(H,36,41)(H,38,39)/t27-/m0/s1. The van der Waals surface area contributed by atoms with Gasteiger partial charge in [0.1, 0.15) is 18.3 Å². The van der Waals surface area contributed by atoms with Gasteiger partial charge >= 0.3 is 12.1 Å². The molecule has 10 heteroatoms. The number of carbonyl (C=O) groups excluding carboxylic acids is 3. The normalized spacial score (nSPS) is 11.5. The molecule has 1 heterocycles. The number of amides is 3. The van der Waals surface area contributed by atoms with Crippen molar-refractivity contribution < 1.29 is 29.0 Å². The molecule has 0 aliphatic carbocycles. The average molecular weight is 585 g/mol. The van der Waals surface area contributed by atoms with Crippen molar-refractivity contribution in [2.24, 2.45) is 7.05 Å². The number of ether oxygens (including phenoxy) is 1. The summed E-state index contributed by atoms with van der Waals surface area (Å²) in [6.45, 7) is 0.387. The lowest BCUT2D eigenvalue weighted by molar-refractivity contribution is -0.137. The number of carbonyl (C=O) groups is 4. The van der Waals surface area contributed by atoms with Crippen LogP contribution < -0.4 is 16.0 Å². The number of aromatic nitrogens is 1. The molecule has 43 heavy (non-hydrogen) atoms. The lowest BCUT2D eigenvalue weighted by Crippen LogP contribution is -2.44. The second-order valence-electron chi connectivity index (χ2n) is 10.2. The quantitative estimate of drug-likeness (QED) is 0.153. The minimum Gasteiger partial charge on any atom is -0.481 e. The zero-order valence-corrected chi connectivity index (χ0v) is 24.0. The molecule has 0 aliphatic rings. The van der Waals surface area contributed by atoms with Gasteiger partial charge < -0.3 is 30.4 Å². The molecule has 0 spiro atoms. The highest BCUT2D eigenvalue weighted by molar-refractivity contribution is 6.03. The Balaban J connectivity index is 1.41. The van der Waals surface area contributed by atoms with Crippen LogP contribution in [0.3, 0.4) is 0 Å². The molecule has 3 aromatic carbocycles. The first-order valence-corrected chi connectivity index (χ1v) is 14.2. The van der Waals surface area contributed by atoms with E-state index in [1.165, 1.54) is 0 Å². The molecule has 0 bridgehead atoms. The first-order chi connectivity index (χ1) is 20.8. The summed E-state index contributed by atoms with van der Waals surface area (Å²) in [7, 11) is 1.80. The van der Waals surface area contributed by atoms with Crippen LogP contribution in [0, 0.1) is 0 Å². The van der Waals surface area contributed by atoms with Crippen LogP contribution >= 0.6 is 0 Å². The van der Waals surface area contributed by atoms with Crippen molar-refractivity contribution in [1.29, 1.82) is 0 Å². The molecule has 3 amide bonds. The number of benzene rings is 3. The Labute approximate surface area is 250 Å². The second kappa shape index (κ2) is 15.2. The van der Waals surface area contributed by atoms with Crippen molar-refractivity contribution in [2.45, 2.75) is 44.8 Å². The van der Waals surface area contributed by atoms with Crippen LogP contribution in [0.15, 0.2) is 84.9 Å². The Morgan fingerprint density at radius 3 is 2.40 bits per heavy atom. The fourth-order valence-corrected chi connectivity index (χ4v) is 4.79. The zero-order chi connectivity index (χ0) is 30.6. The van der Waals surface area contributed by atoms with Crippen LogP contribution in [0.2, 0.25) is 0 Å². The Kier molecular flexibility index (Phi) is 10.9. The van der Waals surface area contributed by atoms with Crippen LogP contribution in [-0.2, 0) is 34.4 Å². The number of fused-ring (bicyclic) bond motifs is 1. The van der Waals surface area contributed by atoms with E-state index < -0.39 is 29.9 Å². The Bertz CT molecular complexity index is 1570. The number of carboxylic acid groups (broad SMARTS) is 1. The van der Waals surface area contributed by atoms with Gasteiger partial charge in [-0.3, -0.25) is 14.4 Å². The lowest BCUT2D eigenvalue weighted by atomic mass is 10.0. The molecule has 10 nitrogen and oxygen atoms in total. The topological polar surface area (TPSA) is 139 Å². The SMILES string of the molecule is Cn1c(C(=O)N[C@@H](CCCNC(=O)OCc2ccccc2)C(=O)Nc2ccccc2CCCC(=O)O)cc2ccccc21. The van der Waals surface area contributed by atoms with Crippen molar-refractivity contribution in [3.63, 3.8) is 0 Å². The summed E-state index contributed by atoms with van der Waals surface area (Å²) >= 11 is 0. The van der Waals surface area contributed by atoms with Gasteiger partial charge in [-0.1, -0.05) is 66.7 Å². The summed E-state index contributed by atoms with van der Waals surface area (Å²) in [5, 5.41) is 18.4. The molecular weight excluding hydrogens is 548 g/mol. The first-order valence-electron chi connectivity index (χ1n) is 14.2. The van der Waals surface area contributed by atoms with Crippen LogP contribution in [-0.4, -0.2) is 46.1 Å². The van der Waals surface area contributed by atoms with E-state index in [4.69, 9.17) is 9.84 Å². The number of anilines is 1. The van der Waals surface area contributed by atoms with Gasteiger partial charge in [-0.2, -0.15) is 0 Å². The maximum Gasteiger partial charge on any atom is 0.407 e. The van der Waals surface area contributed by atoms with Crippen molar-refractivity contribution in [3.8, 4) is 0 Å². The third-order valence-electron chi connectivity index (χ3n) is 7.07. The monoisotopic (exact) mass is 584 g/mol. The third kappa shape index (κ3) is 8.93. The molecule has 0 fully saturated rings. The van der Waals surface area contributed by atoms with Gasteiger partial charge in [0.25, 0.3) is 5.91 Å². The number of nitrogens with zero attached hydrogens (tertiary/aromatic N) is 1. The minimum atomic E-state index is -0.903. The van der Waals surface area contributed by atoms with Gasteiger partial charge in [0.05, 0.1) is 0 Å². The summed E-state index contributed by atoms with van der Waals surface area (Å²) < 4.78 is 7.03. The molecule has 0 unspecified atom stereocenters. The number of hydrogen-bond acceptors (Lipinski definition) is 5. The molecule has 1 aromatic heterocycles. The number of nitrogens with one attached hydrogen (secondary N) is 3. The van der Waals surface area contributed by atoms with Gasteiger partial charge in [0, 0.05) is 36.6 Å². The summed E-state index contributed by atoms with van der Waals surface area (Å²) in [6, 6.07) is 25.0. The van der Waals surface area contributed by atoms with Gasteiger partial charge in [-0.15, -0.1) is 0 Å². The number of aliphatic carboxylic acids is 1. The molecule has 4 aromatic rings. The number of para-hydroxylation sites is 2. The Morgan fingerprint density at radius 2 is 1.63 bits per heavy atom. The predicted molar refractivity (Wildman–Crippen MR) is 164 cm³/mol. The largest absolute Gasteiger partial charge is 0.481 e. The summed E-state index contributed by atoms with van der Waals surface area (Å²) in [4.78, 5) is 50.0. The van der Waals surface area contributed by atoms with E-state index >= 15 is 0 Å². The fourth-order valence-electron chi connectivity index (χ4n) is 4.79. The highest BCUT2D eigenvalue weighted by Crippen LogP contribution is 2.20. The highest BCUT2D eigenvalue weighted by Gasteiger charge is 2.24. The van der Waals surface area contributed by atoms with Crippen molar-refractivity contribution in [3.05, 3.63) is 102 Å². The van der Waals surface area contributed by atoms with Crippen LogP contribution in [0.25, 0.3) is 10.9 Å². The Morgan fingerprint density at radius 1 is 0.907 bits per heavy atom. The van der Waals surface area contributed by atoms with E-state index in [1.807, 2.05) is 66.7 Å². The van der Waals surface area contributed by atoms with Gasteiger partial charge in [-0.25, -0.2) is 4.79 Å². The predicted octanol–water partition coefficient (Wildman–Crippen LogP) is 5.03. The van der Waals surface area contributed by atoms with E-state index in [0.717, 1.165) is 22.0 Å². The fraction of sp³-hybridized carbons (Fsp3) is 0.273. The Hall–Kier alpha value is -5.12.